The standard InChI is InChI=1S/C29H41N3O3/c1-22-9-7-10-23(19-22)26-12-3-4-13-27(26)29(34,15-5-6-18-35-2)24-11-8-16-31(20-24)28(33)32-17-14-25(30)21-32/h3-4,7,9-10,12-13,19,24-25,34H,5-6,8,11,14-18,20-21,30H2,1-2H3/t24?,25?,29-/m0/s1. The average Bonchev–Trinajstić information content (AvgIpc) is 3.32. The maximum atomic E-state index is 13.3. The van der Waals surface area contributed by atoms with Crippen molar-refractivity contribution in [1.82, 2.24) is 9.80 Å². The van der Waals surface area contributed by atoms with Crippen molar-refractivity contribution < 1.29 is 14.6 Å². The molecule has 0 aliphatic carbocycles. The molecule has 2 fully saturated rings. The van der Waals surface area contributed by atoms with Crippen molar-refractivity contribution >= 4 is 6.03 Å². The second kappa shape index (κ2) is 11.5. The van der Waals surface area contributed by atoms with Crippen LogP contribution in [0.4, 0.5) is 4.79 Å². The zero-order valence-electron chi connectivity index (χ0n) is 21.3. The summed E-state index contributed by atoms with van der Waals surface area (Å²) in [5.41, 5.74) is 9.37. The molecular formula is C29H41N3O3. The molecule has 4 rings (SSSR count). The van der Waals surface area contributed by atoms with Gasteiger partial charge in [-0.15, -0.1) is 0 Å². The van der Waals surface area contributed by atoms with Gasteiger partial charge in [-0.2, -0.15) is 0 Å². The Kier molecular flexibility index (Phi) is 8.47. The molecule has 3 atom stereocenters. The van der Waals surface area contributed by atoms with E-state index in [4.69, 9.17) is 10.5 Å². The van der Waals surface area contributed by atoms with Crippen LogP contribution in [0.15, 0.2) is 48.5 Å². The second-order valence-electron chi connectivity index (χ2n) is 10.4. The first-order valence-electron chi connectivity index (χ1n) is 13.1. The lowest BCUT2D eigenvalue weighted by Crippen LogP contribution is -2.51. The maximum Gasteiger partial charge on any atom is 0.320 e. The molecule has 0 bridgehead atoms. The summed E-state index contributed by atoms with van der Waals surface area (Å²) in [5, 5.41) is 12.5. The molecule has 0 aromatic heterocycles. The number of hydrogen-bond donors (Lipinski definition) is 2. The van der Waals surface area contributed by atoms with Crippen molar-refractivity contribution in [1.29, 1.82) is 0 Å². The summed E-state index contributed by atoms with van der Waals surface area (Å²) in [7, 11) is 1.72. The van der Waals surface area contributed by atoms with E-state index in [1.807, 2.05) is 21.9 Å². The van der Waals surface area contributed by atoms with E-state index in [2.05, 4.69) is 43.3 Å². The van der Waals surface area contributed by atoms with Crippen molar-refractivity contribution in [2.45, 2.75) is 57.1 Å². The zero-order chi connectivity index (χ0) is 24.8. The van der Waals surface area contributed by atoms with Gasteiger partial charge in [-0.1, -0.05) is 54.1 Å². The first-order chi connectivity index (χ1) is 16.9. The summed E-state index contributed by atoms with van der Waals surface area (Å²) in [4.78, 5) is 17.1. The number of carbonyl (C=O) groups is 1. The summed E-state index contributed by atoms with van der Waals surface area (Å²) in [6.07, 6.45) is 5.04. The van der Waals surface area contributed by atoms with E-state index < -0.39 is 5.60 Å². The first-order valence-corrected chi connectivity index (χ1v) is 13.1. The monoisotopic (exact) mass is 479 g/mol. The lowest BCUT2D eigenvalue weighted by molar-refractivity contribution is -0.0571. The number of amides is 2. The van der Waals surface area contributed by atoms with Gasteiger partial charge in [0, 0.05) is 51.9 Å². The number of aliphatic hydroxyl groups is 1. The summed E-state index contributed by atoms with van der Waals surface area (Å²) >= 11 is 0. The summed E-state index contributed by atoms with van der Waals surface area (Å²) in [6, 6.07) is 16.8. The number of piperidine rings is 1. The van der Waals surface area contributed by atoms with E-state index in [0.29, 0.717) is 26.1 Å². The molecule has 3 N–H and O–H groups in total. The minimum atomic E-state index is -1.03. The maximum absolute atomic E-state index is 13.3. The van der Waals surface area contributed by atoms with Crippen molar-refractivity contribution in [3.8, 4) is 11.1 Å². The number of carbonyl (C=O) groups excluding carboxylic acids is 1. The number of likely N-dealkylation sites (tertiary alicyclic amines) is 2. The smallest absolute Gasteiger partial charge is 0.320 e. The van der Waals surface area contributed by atoms with Crippen molar-refractivity contribution in [2.24, 2.45) is 11.7 Å². The number of ether oxygens (including phenoxy) is 1. The molecule has 0 saturated carbocycles. The van der Waals surface area contributed by atoms with E-state index in [1.54, 1.807) is 7.11 Å². The number of aryl methyl sites for hydroxylation is 1. The predicted octanol–water partition coefficient (Wildman–Crippen LogP) is 4.53. The van der Waals surface area contributed by atoms with Crippen LogP contribution in [-0.2, 0) is 10.3 Å². The van der Waals surface area contributed by atoms with Gasteiger partial charge in [-0.3, -0.25) is 0 Å². The van der Waals surface area contributed by atoms with Crippen LogP contribution in [0.1, 0.15) is 49.7 Å². The fraction of sp³-hybridized carbons (Fsp3) is 0.552. The van der Waals surface area contributed by atoms with Crippen LogP contribution in [0.3, 0.4) is 0 Å². The molecular weight excluding hydrogens is 438 g/mol. The Morgan fingerprint density at radius 3 is 2.63 bits per heavy atom. The molecule has 6 nitrogen and oxygen atoms in total. The van der Waals surface area contributed by atoms with Crippen LogP contribution < -0.4 is 5.73 Å². The molecule has 2 aromatic carbocycles. The van der Waals surface area contributed by atoms with Gasteiger partial charge >= 0.3 is 6.03 Å². The van der Waals surface area contributed by atoms with Crippen LogP contribution in [0.25, 0.3) is 11.1 Å². The van der Waals surface area contributed by atoms with Gasteiger partial charge in [0.25, 0.3) is 0 Å². The minimum Gasteiger partial charge on any atom is -0.385 e. The Bertz CT molecular complexity index is 997. The second-order valence-corrected chi connectivity index (χ2v) is 10.4. The third kappa shape index (κ3) is 5.88. The summed E-state index contributed by atoms with van der Waals surface area (Å²) in [5.74, 6) is -0.0371. The van der Waals surface area contributed by atoms with Crippen LogP contribution >= 0.6 is 0 Å². The molecule has 2 aliphatic rings. The fourth-order valence-electron chi connectivity index (χ4n) is 5.83. The molecule has 35 heavy (non-hydrogen) atoms. The number of hydrogen-bond acceptors (Lipinski definition) is 4. The summed E-state index contributed by atoms with van der Waals surface area (Å²) in [6.45, 7) is 5.42. The number of nitrogens with two attached hydrogens (primary N) is 1. The lowest BCUT2D eigenvalue weighted by atomic mass is 9.72. The number of urea groups is 1. The van der Waals surface area contributed by atoms with Crippen molar-refractivity contribution in [3.05, 3.63) is 59.7 Å². The zero-order valence-corrected chi connectivity index (χ0v) is 21.3. The molecule has 2 amide bonds. The van der Waals surface area contributed by atoms with Gasteiger partial charge in [-0.05, 0) is 62.1 Å². The van der Waals surface area contributed by atoms with Gasteiger partial charge in [0.1, 0.15) is 0 Å². The average molecular weight is 480 g/mol. The molecule has 2 saturated heterocycles. The topological polar surface area (TPSA) is 79.0 Å². The Morgan fingerprint density at radius 1 is 1.09 bits per heavy atom. The SMILES string of the molecule is COCCCC[C@@](O)(c1ccccc1-c1cccc(C)c1)C1CCCN(C(=O)N2CCC(N)C2)C1. The highest BCUT2D eigenvalue weighted by atomic mass is 16.5. The van der Waals surface area contributed by atoms with Crippen LogP contribution in [0, 0.1) is 12.8 Å². The van der Waals surface area contributed by atoms with E-state index in [1.165, 1.54) is 5.56 Å². The third-order valence-electron chi connectivity index (χ3n) is 7.74. The van der Waals surface area contributed by atoms with Crippen LogP contribution in [-0.4, -0.2) is 66.9 Å². The molecule has 2 heterocycles. The minimum absolute atomic E-state index is 0.0371. The number of methoxy groups -OCH3 is 1. The van der Waals surface area contributed by atoms with Gasteiger partial charge in [0.05, 0.1) is 5.60 Å². The Labute approximate surface area is 210 Å². The quantitative estimate of drug-likeness (QED) is 0.545. The van der Waals surface area contributed by atoms with E-state index in [0.717, 1.165) is 61.9 Å². The molecule has 190 valence electrons. The van der Waals surface area contributed by atoms with Crippen LogP contribution in [0.5, 0.6) is 0 Å². The van der Waals surface area contributed by atoms with Crippen molar-refractivity contribution in [2.75, 3.05) is 39.9 Å². The fourth-order valence-corrected chi connectivity index (χ4v) is 5.83. The number of rotatable bonds is 8. The van der Waals surface area contributed by atoms with E-state index in [9.17, 15) is 9.90 Å². The largest absolute Gasteiger partial charge is 0.385 e. The van der Waals surface area contributed by atoms with E-state index >= 15 is 0 Å². The molecule has 0 radical (unpaired) electrons. The number of unbranched alkanes of at least 4 members (excludes halogenated alkanes) is 1. The molecule has 2 aromatic rings. The van der Waals surface area contributed by atoms with Gasteiger partial charge in [0.2, 0.25) is 0 Å². The molecule has 2 aliphatic heterocycles. The Hall–Kier alpha value is -2.41. The molecule has 0 spiro atoms. The summed E-state index contributed by atoms with van der Waals surface area (Å²) < 4.78 is 5.28. The van der Waals surface area contributed by atoms with Gasteiger partial charge in [-0.25, -0.2) is 4.79 Å². The molecule has 6 heteroatoms. The number of nitrogens with zero attached hydrogens (tertiary/aromatic N) is 2. The highest BCUT2D eigenvalue weighted by molar-refractivity contribution is 5.75. The Balaban J connectivity index is 1.65. The lowest BCUT2D eigenvalue weighted by Gasteiger charge is -2.44. The first kappa shape index (κ1) is 25.7. The van der Waals surface area contributed by atoms with E-state index in [-0.39, 0.29) is 18.0 Å². The normalized spacial score (nSPS) is 22.3. The van der Waals surface area contributed by atoms with Crippen LogP contribution in [0.2, 0.25) is 0 Å². The molecule has 2 unspecified atom stereocenters. The highest BCUT2D eigenvalue weighted by Gasteiger charge is 2.43. The van der Waals surface area contributed by atoms with Crippen molar-refractivity contribution in [3.63, 3.8) is 0 Å². The number of benzene rings is 2. The highest BCUT2D eigenvalue weighted by Crippen LogP contribution is 2.44. The Morgan fingerprint density at radius 2 is 1.89 bits per heavy atom. The van der Waals surface area contributed by atoms with Gasteiger partial charge in [0.15, 0.2) is 0 Å². The van der Waals surface area contributed by atoms with Gasteiger partial charge < -0.3 is 25.4 Å². The third-order valence-corrected chi connectivity index (χ3v) is 7.74. The predicted molar refractivity (Wildman–Crippen MR) is 140 cm³/mol.